The van der Waals surface area contributed by atoms with E-state index in [9.17, 15) is 9.59 Å². The fourth-order valence-electron chi connectivity index (χ4n) is 4.14. The minimum absolute atomic E-state index is 0.139. The standard InChI is InChI=1S/C22H23ClN2O3/c1-28-20-9-7-16(23)12-18(20)21(26)24-17-8-6-14-10-11-25(19(14)13-17)22(27)15-4-2-3-5-15/h6-9,12-13,15H,2-5,10-11H2,1H3,(H,24,26). The van der Waals surface area contributed by atoms with Gasteiger partial charge in [-0.25, -0.2) is 0 Å². The zero-order valence-electron chi connectivity index (χ0n) is 15.8. The number of hydrogen-bond acceptors (Lipinski definition) is 3. The van der Waals surface area contributed by atoms with Gasteiger partial charge in [-0.1, -0.05) is 30.5 Å². The molecule has 2 aliphatic rings. The summed E-state index contributed by atoms with van der Waals surface area (Å²) in [6.45, 7) is 0.712. The third-order valence-corrected chi connectivity index (χ3v) is 5.85. The molecule has 6 heteroatoms. The second-order valence-electron chi connectivity index (χ2n) is 7.36. The molecule has 1 saturated carbocycles. The van der Waals surface area contributed by atoms with Gasteiger partial charge in [0.25, 0.3) is 5.91 Å². The number of carbonyl (C=O) groups is 2. The molecule has 2 aromatic carbocycles. The minimum atomic E-state index is -0.300. The highest BCUT2D eigenvalue weighted by Gasteiger charge is 2.32. The van der Waals surface area contributed by atoms with E-state index in [0.717, 1.165) is 43.4 Å². The molecule has 0 saturated heterocycles. The van der Waals surface area contributed by atoms with Gasteiger partial charge in [-0.2, -0.15) is 0 Å². The van der Waals surface area contributed by atoms with Gasteiger partial charge < -0.3 is 15.0 Å². The lowest BCUT2D eigenvalue weighted by molar-refractivity contribution is -0.122. The summed E-state index contributed by atoms with van der Waals surface area (Å²) < 4.78 is 5.27. The van der Waals surface area contributed by atoms with Crippen LogP contribution in [0.15, 0.2) is 36.4 Å². The molecule has 0 radical (unpaired) electrons. The molecule has 146 valence electrons. The van der Waals surface area contributed by atoms with Crippen LogP contribution in [0.5, 0.6) is 5.75 Å². The van der Waals surface area contributed by atoms with E-state index in [2.05, 4.69) is 5.32 Å². The number of benzene rings is 2. The summed E-state index contributed by atoms with van der Waals surface area (Å²) in [5.41, 5.74) is 3.07. The van der Waals surface area contributed by atoms with Gasteiger partial charge in [-0.15, -0.1) is 0 Å². The molecular formula is C22H23ClN2O3. The third-order valence-electron chi connectivity index (χ3n) is 5.62. The molecular weight excluding hydrogens is 376 g/mol. The van der Waals surface area contributed by atoms with Gasteiger partial charge in [0.05, 0.1) is 12.7 Å². The predicted octanol–water partition coefficient (Wildman–Crippen LogP) is 4.68. The number of anilines is 2. The van der Waals surface area contributed by atoms with Crippen molar-refractivity contribution in [3.8, 4) is 5.75 Å². The molecule has 1 heterocycles. The van der Waals surface area contributed by atoms with Crippen LogP contribution in [0.1, 0.15) is 41.6 Å². The molecule has 1 aliphatic heterocycles. The summed E-state index contributed by atoms with van der Waals surface area (Å²) in [7, 11) is 1.52. The van der Waals surface area contributed by atoms with Crippen molar-refractivity contribution in [1.82, 2.24) is 0 Å². The molecule has 0 atom stereocenters. The second-order valence-corrected chi connectivity index (χ2v) is 7.80. The Morgan fingerprint density at radius 1 is 1.14 bits per heavy atom. The number of fused-ring (bicyclic) bond motifs is 1. The first-order chi connectivity index (χ1) is 13.6. The summed E-state index contributed by atoms with van der Waals surface area (Å²) in [5.74, 6) is 0.517. The molecule has 0 aromatic heterocycles. The van der Waals surface area contributed by atoms with Gasteiger partial charge in [0.1, 0.15) is 5.75 Å². The number of nitrogens with one attached hydrogen (secondary N) is 1. The molecule has 1 fully saturated rings. The molecule has 2 aromatic rings. The van der Waals surface area contributed by atoms with Crippen LogP contribution in [0.3, 0.4) is 0 Å². The lowest BCUT2D eigenvalue weighted by Crippen LogP contribution is -2.33. The zero-order valence-corrected chi connectivity index (χ0v) is 16.6. The lowest BCUT2D eigenvalue weighted by Gasteiger charge is -2.21. The van der Waals surface area contributed by atoms with Gasteiger partial charge in [0.15, 0.2) is 0 Å². The topological polar surface area (TPSA) is 58.6 Å². The van der Waals surface area contributed by atoms with E-state index >= 15 is 0 Å². The smallest absolute Gasteiger partial charge is 0.259 e. The highest BCUT2D eigenvalue weighted by atomic mass is 35.5. The number of amides is 2. The van der Waals surface area contributed by atoms with E-state index in [1.54, 1.807) is 18.2 Å². The zero-order chi connectivity index (χ0) is 19.7. The Balaban J connectivity index is 1.56. The van der Waals surface area contributed by atoms with Gasteiger partial charge in [-0.3, -0.25) is 9.59 Å². The number of carbonyl (C=O) groups excluding carboxylic acids is 2. The molecule has 0 bridgehead atoms. The van der Waals surface area contributed by atoms with E-state index in [4.69, 9.17) is 16.3 Å². The summed E-state index contributed by atoms with van der Waals surface area (Å²) in [4.78, 5) is 27.5. The molecule has 4 rings (SSSR count). The van der Waals surface area contributed by atoms with Gasteiger partial charge >= 0.3 is 0 Å². The normalized spacial score (nSPS) is 16.1. The Bertz CT molecular complexity index is 922. The Kier molecular flexibility index (Phi) is 5.27. The number of halogens is 1. The SMILES string of the molecule is COc1ccc(Cl)cc1C(=O)Nc1ccc2c(c1)N(C(=O)C1CCCC1)CC2. The number of hydrogen-bond donors (Lipinski definition) is 1. The highest BCUT2D eigenvalue weighted by Crippen LogP contribution is 2.35. The maximum atomic E-state index is 12.9. The van der Waals surface area contributed by atoms with Crippen molar-refractivity contribution in [2.75, 3.05) is 23.9 Å². The fraction of sp³-hybridized carbons (Fsp3) is 0.364. The Morgan fingerprint density at radius 3 is 2.68 bits per heavy atom. The Labute approximate surface area is 169 Å². The lowest BCUT2D eigenvalue weighted by atomic mass is 10.1. The van der Waals surface area contributed by atoms with Crippen LogP contribution < -0.4 is 15.0 Å². The van der Waals surface area contributed by atoms with Crippen LogP contribution in [0, 0.1) is 5.92 Å². The number of nitrogens with zero attached hydrogens (tertiary/aromatic N) is 1. The largest absolute Gasteiger partial charge is 0.496 e. The van der Waals surface area contributed by atoms with Crippen LogP contribution in [-0.4, -0.2) is 25.5 Å². The maximum Gasteiger partial charge on any atom is 0.259 e. The number of ether oxygens (including phenoxy) is 1. The fourth-order valence-corrected chi connectivity index (χ4v) is 4.31. The van der Waals surface area contributed by atoms with E-state index in [0.29, 0.717) is 28.6 Å². The monoisotopic (exact) mass is 398 g/mol. The first-order valence-electron chi connectivity index (χ1n) is 9.66. The molecule has 5 nitrogen and oxygen atoms in total. The molecule has 28 heavy (non-hydrogen) atoms. The van der Waals surface area contributed by atoms with Crippen molar-refractivity contribution in [2.24, 2.45) is 5.92 Å². The van der Waals surface area contributed by atoms with Crippen molar-refractivity contribution in [3.63, 3.8) is 0 Å². The summed E-state index contributed by atoms with van der Waals surface area (Å²) >= 11 is 6.03. The third kappa shape index (κ3) is 3.59. The summed E-state index contributed by atoms with van der Waals surface area (Å²) in [6, 6.07) is 10.7. The van der Waals surface area contributed by atoms with E-state index in [-0.39, 0.29) is 17.7 Å². The van der Waals surface area contributed by atoms with Crippen LogP contribution in [0.4, 0.5) is 11.4 Å². The number of methoxy groups -OCH3 is 1. The van der Waals surface area contributed by atoms with Crippen molar-refractivity contribution >= 4 is 34.8 Å². The van der Waals surface area contributed by atoms with Gasteiger partial charge in [0.2, 0.25) is 5.91 Å². The minimum Gasteiger partial charge on any atom is -0.496 e. The van der Waals surface area contributed by atoms with Gasteiger partial charge in [-0.05, 0) is 55.2 Å². The van der Waals surface area contributed by atoms with E-state index < -0.39 is 0 Å². The van der Waals surface area contributed by atoms with Crippen molar-refractivity contribution in [1.29, 1.82) is 0 Å². The van der Waals surface area contributed by atoms with Crippen LogP contribution >= 0.6 is 11.6 Å². The number of rotatable bonds is 4. The Morgan fingerprint density at radius 2 is 1.93 bits per heavy atom. The molecule has 1 N–H and O–H groups in total. The average Bonchev–Trinajstić information content (AvgIpc) is 3.37. The van der Waals surface area contributed by atoms with Crippen LogP contribution in [-0.2, 0) is 11.2 Å². The average molecular weight is 399 g/mol. The maximum absolute atomic E-state index is 12.9. The van der Waals surface area contributed by atoms with E-state index in [1.165, 1.54) is 7.11 Å². The van der Waals surface area contributed by atoms with Crippen LogP contribution in [0.2, 0.25) is 5.02 Å². The molecule has 0 unspecified atom stereocenters. The quantitative estimate of drug-likeness (QED) is 0.813. The van der Waals surface area contributed by atoms with Crippen molar-refractivity contribution < 1.29 is 14.3 Å². The Hall–Kier alpha value is -2.53. The second kappa shape index (κ2) is 7.84. The van der Waals surface area contributed by atoms with Crippen LogP contribution in [0.25, 0.3) is 0 Å². The van der Waals surface area contributed by atoms with Gasteiger partial charge in [0, 0.05) is 28.9 Å². The first kappa shape index (κ1) is 18.8. The highest BCUT2D eigenvalue weighted by molar-refractivity contribution is 6.31. The van der Waals surface area contributed by atoms with Crippen molar-refractivity contribution in [2.45, 2.75) is 32.1 Å². The van der Waals surface area contributed by atoms with E-state index in [1.807, 2.05) is 23.1 Å². The summed E-state index contributed by atoms with van der Waals surface area (Å²) in [6.07, 6.45) is 5.08. The summed E-state index contributed by atoms with van der Waals surface area (Å²) in [5, 5.41) is 3.37. The molecule has 0 spiro atoms. The first-order valence-corrected chi connectivity index (χ1v) is 10.0. The van der Waals surface area contributed by atoms with Crippen molar-refractivity contribution in [3.05, 3.63) is 52.5 Å². The molecule has 2 amide bonds. The molecule has 1 aliphatic carbocycles. The predicted molar refractivity (Wildman–Crippen MR) is 110 cm³/mol.